The first kappa shape index (κ1) is 15.1. The second kappa shape index (κ2) is 7.00. The van der Waals surface area contributed by atoms with Crippen LogP contribution >= 0.6 is 0 Å². The van der Waals surface area contributed by atoms with Gasteiger partial charge in [0, 0.05) is 6.04 Å². The van der Waals surface area contributed by atoms with Crippen molar-refractivity contribution in [2.75, 3.05) is 6.54 Å². The Labute approximate surface area is 133 Å². The topological polar surface area (TPSA) is 80.6 Å². The molecule has 23 heavy (non-hydrogen) atoms. The van der Waals surface area contributed by atoms with E-state index < -0.39 is 5.91 Å². The summed E-state index contributed by atoms with van der Waals surface area (Å²) in [5, 5.41) is 5.33. The fourth-order valence-electron chi connectivity index (χ4n) is 2.00. The highest BCUT2D eigenvalue weighted by Gasteiger charge is 2.23. The van der Waals surface area contributed by atoms with Crippen LogP contribution < -0.4 is 15.4 Å². The molecule has 0 unspecified atom stereocenters. The van der Waals surface area contributed by atoms with Gasteiger partial charge in [-0.15, -0.1) is 0 Å². The van der Waals surface area contributed by atoms with Crippen LogP contribution in [-0.2, 0) is 11.4 Å². The number of rotatable bonds is 7. The summed E-state index contributed by atoms with van der Waals surface area (Å²) in [6.07, 6.45) is 2.03. The molecule has 1 aliphatic rings. The van der Waals surface area contributed by atoms with Crippen molar-refractivity contribution in [2.24, 2.45) is 0 Å². The Bertz CT molecular complexity index is 677. The van der Waals surface area contributed by atoms with Gasteiger partial charge in [0.1, 0.15) is 18.1 Å². The molecule has 1 aliphatic carbocycles. The second-order valence-corrected chi connectivity index (χ2v) is 5.39. The smallest absolute Gasteiger partial charge is 0.287 e. The van der Waals surface area contributed by atoms with Crippen molar-refractivity contribution in [3.05, 3.63) is 54.0 Å². The number of hydrogen-bond acceptors (Lipinski definition) is 4. The zero-order valence-corrected chi connectivity index (χ0v) is 12.6. The minimum absolute atomic E-state index is 0.0497. The summed E-state index contributed by atoms with van der Waals surface area (Å²) in [5.41, 5.74) is 0. The maximum absolute atomic E-state index is 11.9. The van der Waals surface area contributed by atoms with E-state index in [2.05, 4.69) is 10.6 Å². The second-order valence-electron chi connectivity index (χ2n) is 5.39. The van der Waals surface area contributed by atoms with Crippen molar-refractivity contribution < 1.29 is 18.7 Å². The summed E-state index contributed by atoms with van der Waals surface area (Å²) < 4.78 is 11.0. The highest BCUT2D eigenvalue weighted by molar-refractivity contribution is 5.94. The number of amides is 2. The number of benzene rings is 1. The number of carbonyl (C=O) groups is 2. The Morgan fingerprint density at radius 2 is 1.91 bits per heavy atom. The van der Waals surface area contributed by atoms with Gasteiger partial charge in [-0.1, -0.05) is 18.2 Å². The van der Waals surface area contributed by atoms with Crippen LogP contribution in [0.15, 0.2) is 46.9 Å². The third-order valence-corrected chi connectivity index (χ3v) is 3.36. The first-order valence-corrected chi connectivity index (χ1v) is 7.55. The lowest BCUT2D eigenvalue weighted by atomic mass is 10.3. The van der Waals surface area contributed by atoms with Crippen LogP contribution in [0.5, 0.6) is 5.75 Å². The van der Waals surface area contributed by atoms with Crippen molar-refractivity contribution in [1.82, 2.24) is 10.6 Å². The Kier molecular flexibility index (Phi) is 4.61. The van der Waals surface area contributed by atoms with Crippen LogP contribution in [0.1, 0.15) is 29.2 Å². The molecule has 6 nitrogen and oxygen atoms in total. The molecular formula is C17H18N2O4. The van der Waals surface area contributed by atoms with Gasteiger partial charge < -0.3 is 19.8 Å². The van der Waals surface area contributed by atoms with E-state index in [0.717, 1.165) is 18.6 Å². The van der Waals surface area contributed by atoms with E-state index >= 15 is 0 Å². The van der Waals surface area contributed by atoms with Crippen molar-refractivity contribution in [2.45, 2.75) is 25.5 Å². The average molecular weight is 314 g/mol. The van der Waals surface area contributed by atoms with Crippen molar-refractivity contribution >= 4 is 11.8 Å². The van der Waals surface area contributed by atoms with Crippen molar-refractivity contribution in [3.63, 3.8) is 0 Å². The molecule has 1 heterocycles. The molecule has 6 heteroatoms. The number of furan rings is 1. The van der Waals surface area contributed by atoms with Gasteiger partial charge in [-0.25, -0.2) is 0 Å². The molecule has 0 spiro atoms. The van der Waals surface area contributed by atoms with Gasteiger partial charge in [0.15, 0.2) is 5.76 Å². The van der Waals surface area contributed by atoms with E-state index in [1.54, 1.807) is 12.1 Å². The molecule has 0 radical (unpaired) electrons. The average Bonchev–Trinajstić information content (AvgIpc) is 3.25. The Morgan fingerprint density at radius 3 is 2.65 bits per heavy atom. The van der Waals surface area contributed by atoms with Gasteiger partial charge in [0.05, 0.1) is 6.54 Å². The maximum Gasteiger partial charge on any atom is 0.287 e. The zero-order valence-electron chi connectivity index (χ0n) is 12.6. The molecule has 0 aliphatic heterocycles. The lowest BCUT2D eigenvalue weighted by Gasteiger charge is -2.05. The molecule has 0 saturated heterocycles. The number of nitrogens with one attached hydrogen (secondary N) is 2. The SMILES string of the molecule is O=C(CNC(=O)c1ccc(COc2ccccc2)o1)NC1CC1. The quantitative estimate of drug-likeness (QED) is 0.817. The van der Waals surface area contributed by atoms with E-state index in [-0.39, 0.29) is 30.9 Å². The van der Waals surface area contributed by atoms with Crippen LogP contribution in [0.25, 0.3) is 0 Å². The monoisotopic (exact) mass is 314 g/mol. The molecule has 0 atom stereocenters. The highest BCUT2D eigenvalue weighted by atomic mass is 16.5. The molecular weight excluding hydrogens is 296 g/mol. The van der Waals surface area contributed by atoms with Gasteiger partial charge in [0.2, 0.25) is 5.91 Å². The molecule has 120 valence electrons. The van der Waals surface area contributed by atoms with E-state index in [1.807, 2.05) is 30.3 Å². The summed E-state index contributed by atoms with van der Waals surface area (Å²) >= 11 is 0. The van der Waals surface area contributed by atoms with Crippen LogP contribution in [0.3, 0.4) is 0 Å². The number of carbonyl (C=O) groups excluding carboxylic acids is 2. The van der Waals surface area contributed by atoms with Crippen LogP contribution in [0, 0.1) is 0 Å². The Balaban J connectivity index is 1.45. The molecule has 1 fully saturated rings. The summed E-state index contributed by atoms with van der Waals surface area (Å²) in [7, 11) is 0. The zero-order chi connectivity index (χ0) is 16.1. The van der Waals surface area contributed by atoms with Gasteiger partial charge in [-0.2, -0.15) is 0 Å². The molecule has 2 amide bonds. The summed E-state index contributed by atoms with van der Waals surface area (Å²) in [4.78, 5) is 23.4. The Hall–Kier alpha value is -2.76. The predicted octanol–water partition coefficient (Wildman–Crippen LogP) is 1.87. The maximum atomic E-state index is 11.9. The van der Waals surface area contributed by atoms with Gasteiger partial charge in [-0.05, 0) is 37.1 Å². The molecule has 2 aromatic rings. The van der Waals surface area contributed by atoms with Crippen LogP contribution in [0.2, 0.25) is 0 Å². The Morgan fingerprint density at radius 1 is 1.13 bits per heavy atom. The lowest BCUT2D eigenvalue weighted by molar-refractivity contribution is -0.120. The van der Waals surface area contributed by atoms with E-state index in [1.165, 1.54) is 0 Å². The van der Waals surface area contributed by atoms with Gasteiger partial charge in [0.25, 0.3) is 5.91 Å². The highest BCUT2D eigenvalue weighted by Crippen LogP contribution is 2.18. The molecule has 1 aromatic heterocycles. The summed E-state index contributed by atoms with van der Waals surface area (Å²) in [5.74, 6) is 0.839. The standard InChI is InChI=1S/C17H18N2O4/c20-16(19-12-6-7-12)10-18-17(21)15-9-8-14(23-15)11-22-13-4-2-1-3-5-13/h1-5,8-9,12H,6-7,10-11H2,(H,18,21)(H,19,20). The fourth-order valence-corrected chi connectivity index (χ4v) is 2.00. The minimum atomic E-state index is -0.415. The number of ether oxygens (including phenoxy) is 1. The molecule has 1 saturated carbocycles. The van der Waals surface area contributed by atoms with Crippen LogP contribution in [0.4, 0.5) is 0 Å². The molecule has 0 bridgehead atoms. The van der Waals surface area contributed by atoms with Crippen LogP contribution in [-0.4, -0.2) is 24.4 Å². The molecule has 1 aromatic carbocycles. The summed E-state index contributed by atoms with van der Waals surface area (Å²) in [6.45, 7) is 0.186. The van der Waals surface area contributed by atoms with E-state index in [9.17, 15) is 9.59 Å². The normalized spacial score (nSPS) is 13.4. The van der Waals surface area contributed by atoms with Gasteiger partial charge in [-0.3, -0.25) is 9.59 Å². The molecule has 2 N–H and O–H groups in total. The van der Waals surface area contributed by atoms with Crippen molar-refractivity contribution in [1.29, 1.82) is 0 Å². The minimum Gasteiger partial charge on any atom is -0.486 e. The van der Waals surface area contributed by atoms with Gasteiger partial charge >= 0.3 is 0 Å². The van der Waals surface area contributed by atoms with E-state index in [4.69, 9.17) is 9.15 Å². The number of para-hydroxylation sites is 1. The largest absolute Gasteiger partial charge is 0.486 e. The molecule has 3 rings (SSSR count). The van der Waals surface area contributed by atoms with Crippen molar-refractivity contribution in [3.8, 4) is 5.75 Å². The fraction of sp³-hybridized carbons (Fsp3) is 0.294. The van der Waals surface area contributed by atoms with E-state index in [0.29, 0.717) is 5.76 Å². The first-order valence-electron chi connectivity index (χ1n) is 7.55. The predicted molar refractivity (Wildman–Crippen MR) is 83.0 cm³/mol. The summed E-state index contributed by atoms with van der Waals surface area (Å²) in [6, 6.07) is 12.9. The third-order valence-electron chi connectivity index (χ3n) is 3.36. The first-order chi connectivity index (χ1) is 11.2. The lowest BCUT2D eigenvalue weighted by Crippen LogP contribution is -2.37. The number of hydrogen-bond donors (Lipinski definition) is 2. The third kappa shape index (κ3) is 4.60.